The standard InChI is InChI=1S/C19H16Cl2N4O4S/c1-29-14-7-10(5-6-13(14)26)9-22-25-19-24-18(28)15(30-19)8-16(27)23-12-4-2-3-11(20)17(12)21/h2-7,9,15,26H,8H2,1H3,(H,23,27)(H,24,25,28)/b22-9-/t15-/m1/s1. The third-order valence-electron chi connectivity index (χ3n) is 3.93. The van der Waals surface area contributed by atoms with Crippen LogP contribution in [0, 0.1) is 0 Å². The van der Waals surface area contributed by atoms with Crippen molar-refractivity contribution in [3.63, 3.8) is 0 Å². The van der Waals surface area contributed by atoms with Gasteiger partial charge in [0.25, 0.3) is 0 Å². The summed E-state index contributed by atoms with van der Waals surface area (Å²) in [5, 5.41) is 22.9. The number of nitrogens with one attached hydrogen (secondary N) is 2. The SMILES string of the molecule is COc1cc(/C=N\N=C2/NC(=O)[C@@H](CC(=O)Nc3cccc(Cl)c3Cl)S2)ccc1O. The predicted molar refractivity (Wildman–Crippen MR) is 119 cm³/mol. The summed E-state index contributed by atoms with van der Waals surface area (Å²) >= 11 is 13.1. The minimum absolute atomic E-state index is 0.0137. The molecule has 0 aliphatic carbocycles. The minimum Gasteiger partial charge on any atom is -0.504 e. The minimum atomic E-state index is -0.648. The summed E-state index contributed by atoms with van der Waals surface area (Å²) in [4.78, 5) is 24.4. The average Bonchev–Trinajstić information content (AvgIpc) is 3.05. The fourth-order valence-electron chi connectivity index (χ4n) is 2.48. The molecule has 1 fully saturated rings. The molecule has 1 aliphatic heterocycles. The summed E-state index contributed by atoms with van der Waals surface area (Å²) in [7, 11) is 1.44. The molecule has 0 radical (unpaired) electrons. The lowest BCUT2D eigenvalue weighted by Gasteiger charge is -2.09. The number of hydrogen-bond donors (Lipinski definition) is 3. The number of anilines is 1. The highest BCUT2D eigenvalue weighted by Crippen LogP contribution is 2.30. The van der Waals surface area contributed by atoms with Crippen molar-refractivity contribution in [1.29, 1.82) is 0 Å². The van der Waals surface area contributed by atoms with Gasteiger partial charge in [-0.3, -0.25) is 9.59 Å². The number of ether oxygens (including phenoxy) is 1. The Morgan fingerprint density at radius 1 is 1.37 bits per heavy atom. The molecule has 2 aromatic carbocycles. The number of halogens is 2. The molecule has 30 heavy (non-hydrogen) atoms. The van der Waals surface area contributed by atoms with Crippen LogP contribution in [0.15, 0.2) is 46.6 Å². The van der Waals surface area contributed by atoms with Gasteiger partial charge in [-0.15, -0.1) is 5.10 Å². The van der Waals surface area contributed by atoms with Gasteiger partial charge in [-0.1, -0.05) is 41.0 Å². The Labute approximate surface area is 186 Å². The first-order valence-electron chi connectivity index (χ1n) is 8.57. The van der Waals surface area contributed by atoms with Gasteiger partial charge in [0.15, 0.2) is 16.7 Å². The van der Waals surface area contributed by atoms with Crippen molar-refractivity contribution in [1.82, 2.24) is 5.32 Å². The lowest BCUT2D eigenvalue weighted by atomic mass is 10.2. The second-order valence-electron chi connectivity index (χ2n) is 6.03. The van der Waals surface area contributed by atoms with E-state index in [0.717, 1.165) is 11.8 Å². The topological polar surface area (TPSA) is 112 Å². The van der Waals surface area contributed by atoms with E-state index in [1.807, 2.05) is 0 Å². The molecular weight excluding hydrogens is 451 g/mol. The van der Waals surface area contributed by atoms with E-state index < -0.39 is 5.25 Å². The number of amides is 2. The molecule has 0 spiro atoms. The molecule has 0 unspecified atom stereocenters. The summed E-state index contributed by atoms with van der Waals surface area (Å²) < 4.78 is 5.02. The van der Waals surface area contributed by atoms with Crippen molar-refractivity contribution in [2.75, 3.05) is 12.4 Å². The van der Waals surface area contributed by atoms with Gasteiger partial charge in [-0.2, -0.15) is 5.10 Å². The van der Waals surface area contributed by atoms with E-state index in [9.17, 15) is 14.7 Å². The molecule has 0 bridgehead atoms. The van der Waals surface area contributed by atoms with Crippen LogP contribution in [0.2, 0.25) is 10.0 Å². The second-order valence-corrected chi connectivity index (χ2v) is 8.01. The summed E-state index contributed by atoms with van der Waals surface area (Å²) in [6.45, 7) is 0. The van der Waals surface area contributed by atoms with Gasteiger partial charge in [0, 0.05) is 6.42 Å². The Balaban J connectivity index is 1.59. The molecule has 0 aromatic heterocycles. The Kier molecular flexibility index (Phi) is 7.20. The summed E-state index contributed by atoms with van der Waals surface area (Å²) in [5.74, 6) is -0.402. The molecular formula is C19H16Cl2N4O4S. The zero-order valence-electron chi connectivity index (χ0n) is 15.6. The maximum absolute atomic E-state index is 12.3. The van der Waals surface area contributed by atoms with Gasteiger partial charge in [0.2, 0.25) is 11.8 Å². The van der Waals surface area contributed by atoms with Crippen LogP contribution in [0.3, 0.4) is 0 Å². The number of nitrogens with zero attached hydrogens (tertiary/aromatic N) is 2. The van der Waals surface area contributed by atoms with Crippen molar-refractivity contribution < 1.29 is 19.4 Å². The number of hydrogen-bond acceptors (Lipinski definition) is 7. The van der Waals surface area contributed by atoms with E-state index in [-0.39, 0.29) is 34.2 Å². The molecule has 3 rings (SSSR count). The summed E-state index contributed by atoms with van der Waals surface area (Å²) in [6, 6.07) is 9.59. The fraction of sp³-hybridized carbons (Fsp3) is 0.158. The van der Waals surface area contributed by atoms with E-state index >= 15 is 0 Å². The van der Waals surface area contributed by atoms with Gasteiger partial charge in [-0.25, -0.2) is 0 Å². The normalized spacial score (nSPS) is 17.4. The average molecular weight is 467 g/mol. The zero-order chi connectivity index (χ0) is 21.7. The highest BCUT2D eigenvalue weighted by molar-refractivity contribution is 8.15. The molecule has 2 amide bonds. The Hall–Kier alpha value is -2.75. The third kappa shape index (κ3) is 5.44. The van der Waals surface area contributed by atoms with E-state index in [2.05, 4.69) is 20.8 Å². The van der Waals surface area contributed by atoms with Crippen LogP contribution in [-0.4, -0.2) is 40.7 Å². The third-order valence-corrected chi connectivity index (χ3v) is 5.82. The fourth-order valence-corrected chi connectivity index (χ4v) is 3.75. The predicted octanol–water partition coefficient (Wildman–Crippen LogP) is 3.66. The lowest BCUT2D eigenvalue weighted by Crippen LogP contribution is -2.28. The van der Waals surface area contributed by atoms with Gasteiger partial charge in [-0.05, 0) is 35.9 Å². The Bertz CT molecular complexity index is 1050. The monoisotopic (exact) mass is 466 g/mol. The van der Waals surface area contributed by atoms with Crippen molar-refractivity contribution in [3.8, 4) is 11.5 Å². The van der Waals surface area contributed by atoms with Crippen LogP contribution in [0.1, 0.15) is 12.0 Å². The van der Waals surface area contributed by atoms with E-state index in [1.165, 1.54) is 19.4 Å². The molecule has 11 heteroatoms. The van der Waals surface area contributed by atoms with Gasteiger partial charge in [0.05, 0.1) is 29.1 Å². The van der Waals surface area contributed by atoms with E-state index in [1.54, 1.807) is 30.3 Å². The zero-order valence-corrected chi connectivity index (χ0v) is 17.9. The van der Waals surface area contributed by atoms with Crippen molar-refractivity contribution >= 4 is 63.8 Å². The highest BCUT2D eigenvalue weighted by atomic mass is 35.5. The highest BCUT2D eigenvalue weighted by Gasteiger charge is 2.32. The van der Waals surface area contributed by atoms with Gasteiger partial charge >= 0.3 is 0 Å². The number of carbonyl (C=O) groups is 2. The smallest absolute Gasteiger partial charge is 0.240 e. The molecule has 3 N–H and O–H groups in total. The first-order chi connectivity index (χ1) is 14.4. The van der Waals surface area contributed by atoms with Crippen molar-refractivity contribution in [2.24, 2.45) is 10.2 Å². The van der Waals surface area contributed by atoms with Gasteiger partial charge < -0.3 is 20.5 Å². The van der Waals surface area contributed by atoms with Crippen LogP contribution >= 0.6 is 35.0 Å². The largest absolute Gasteiger partial charge is 0.504 e. The first-order valence-corrected chi connectivity index (χ1v) is 10.2. The number of phenols is 1. The lowest BCUT2D eigenvalue weighted by molar-refractivity contribution is -0.122. The number of aromatic hydroxyl groups is 1. The molecule has 1 atom stereocenters. The first kappa shape index (κ1) is 21.9. The number of rotatable bonds is 6. The van der Waals surface area contributed by atoms with Crippen LogP contribution in [0.25, 0.3) is 0 Å². The Morgan fingerprint density at radius 2 is 2.17 bits per heavy atom. The maximum Gasteiger partial charge on any atom is 0.240 e. The number of thioether (sulfide) groups is 1. The molecule has 8 nitrogen and oxygen atoms in total. The number of methoxy groups -OCH3 is 1. The van der Waals surface area contributed by atoms with Crippen molar-refractivity contribution in [3.05, 3.63) is 52.0 Å². The second kappa shape index (κ2) is 9.84. The van der Waals surface area contributed by atoms with Crippen molar-refractivity contribution in [2.45, 2.75) is 11.7 Å². The number of benzene rings is 2. The molecule has 0 saturated carbocycles. The summed E-state index contributed by atoms with van der Waals surface area (Å²) in [5.41, 5.74) is 1.03. The van der Waals surface area contributed by atoms with Crippen LogP contribution in [0.4, 0.5) is 5.69 Å². The molecule has 1 aliphatic rings. The quantitative estimate of drug-likeness (QED) is 0.444. The molecule has 156 valence electrons. The number of phenolic OH excluding ortho intramolecular Hbond substituents is 1. The maximum atomic E-state index is 12.3. The molecule has 1 heterocycles. The van der Waals surface area contributed by atoms with Gasteiger partial charge in [0.1, 0.15) is 5.25 Å². The number of amidine groups is 1. The van der Waals surface area contributed by atoms with Crippen LogP contribution in [0.5, 0.6) is 11.5 Å². The van der Waals surface area contributed by atoms with Crippen LogP contribution in [-0.2, 0) is 9.59 Å². The van der Waals surface area contributed by atoms with E-state index in [4.69, 9.17) is 27.9 Å². The molecule has 1 saturated heterocycles. The molecule has 2 aromatic rings. The van der Waals surface area contributed by atoms with Crippen LogP contribution < -0.4 is 15.4 Å². The number of carbonyl (C=O) groups excluding carboxylic acids is 2. The Morgan fingerprint density at radius 3 is 2.93 bits per heavy atom. The van der Waals surface area contributed by atoms with E-state index in [0.29, 0.717) is 22.0 Å². The summed E-state index contributed by atoms with van der Waals surface area (Å²) in [6.07, 6.45) is 1.38.